The lowest BCUT2D eigenvalue weighted by atomic mass is 10.0. The number of amides is 1. The van der Waals surface area contributed by atoms with Crippen molar-refractivity contribution in [1.29, 1.82) is 0 Å². The minimum Gasteiger partial charge on any atom is -0.351 e. The molecule has 1 amide bonds. The minimum atomic E-state index is -0.0625. The number of hydrogen-bond acceptors (Lipinski definition) is 1. The Kier molecular flexibility index (Phi) is 1.79. The molecule has 0 spiro atoms. The number of rotatable bonds is 1. The van der Waals surface area contributed by atoms with Crippen LogP contribution in [0.3, 0.4) is 0 Å². The molecular formula is C13H21NO. The molecule has 4 atom stereocenters. The SMILES string of the molecule is CC(C)(C)NC(=O)C1C2C3CCC(C3)C12. The van der Waals surface area contributed by atoms with Crippen LogP contribution in [0.2, 0.25) is 0 Å². The highest BCUT2D eigenvalue weighted by Crippen LogP contribution is 2.69. The fraction of sp³-hybridized carbons (Fsp3) is 0.923. The zero-order valence-corrected chi connectivity index (χ0v) is 9.92. The van der Waals surface area contributed by atoms with Crippen LogP contribution in [0.4, 0.5) is 0 Å². The van der Waals surface area contributed by atoms with Crippen LogP contribution in [0.5, 0.6) is 0 Å². The van der Waals surface area contributed by atoms with Gasteiger partial charge in [-0.05, 0) is 63.7 Å². The van der Waals surface area contributed by atoms with Crippen molar-refractivity contribution in [2.24, 2.45) is 29.6 Å². The molecule has 0 aliphatic heterocycles. The second-order valence-electron chi connectivity index (χ2n) is 6.75. The quantitative estimate of drug-likeness (QED) is 0.701. The van der Waals surface area contributed by atoms with E-state index < -0.39 is 0 Å². The molecule has 4 unspecified atom stereocenters. The molecule has 0 heterocycles. The molecule has 3 rings (SSSR count). The van der Waals surface area contributed by atoms with Crippen LogP contribution in [0.1, 0.15) is 40.0 Å². The lowest BCUT2D eigenvalue weighted by Gasteiger charge is -2.21. The van der Waals surface area contributed by atoms with Gasteiger partial charge in [-0.2, -0.15) is 0 Å². The second-order valence-corrected chi connectivity index (χ2v) is 6.75. The van der Waals surface area contributed by atoms with Crippen LogP contribution in [-0.2, 0) is 4.79 Å². The lowest BCUT2D eigenvalue weighted by molar-refractivity contribution is -0.124. The van der Waals surface area contributed by atoms with Crippen molar-refractivity contribution in [3.05, 3.63) is 0 Å². The van der Waals surface area contributed by atoms with E-state index >= 15 is 0 Å². The standard InChI is InChI=1S/C13H21NO/c1-13(2,3)14-12(15)11-9-7-4-5-8(6-7)10(9)11/h7-11H,4-6H2,1-3H3,(H,14,15). The summed E-state index contributed by atoms with van der Waals surface area (Å²) < 4.78 is 0. The Hall–Kier alpha value is -0.530. The summed E-state index contributed by atoms with van der Waals surface area (Å²) in [7, 11) is 0. The molecule has 0 aromatic carbocycles. The number of fused-ring (bicyclic) bond motifs is 5. The number of nitrogens with one attached hydrogen (secondary N) is 1. The van der Waals surface area contributed by atoms with Crippen molar-refractivity contribution in [2.45, 2.75) is 45.6 Å². The second kappa shape index (κ2) is 2.78. The van der Waals surface area contributed by atoms with Crippen LogP contribution in [-0.4, -0.2) is 11.4 Å². The summed E-state index contributed by atoms with van der Waals surface area (Å²) in [6, 6.07) is 0. The molecular weight excluding hydrogens is 186 g/mol. The van der Waals surface area contributed by atoms with E-state index in [1.165, 1.54) is 19.3 Å². The number of hydrogen-bond donors (Lipinski definition) is 1. The van der Waals surface area contributed by atoms with Gasteiger partial charge < -0.3 is 5.32 Å². The zero-order chi connectivity index (χ0) is 10.8. The van der Waals surface area contributed by atoms with E-state index in [0.717, 1.165) is 23.7 Å². The predicted octanol–water partition coefficient (Wildman–Crippen LogP) is 2.19. The first-order valence-corrected chi connectivity index (χ1v) is 6.29. The first-order chi connectivity index (χ1) is 6.97. The number of carbonyl (C=O) groups is 1. The summed E-state index contributed by atoms with van der Waals surface area (Å²) >= 11 is 0. The largest absolute Gasteiger partial charge is 0.351 e. The van der Waals surface area contributed by atoms with E-state index in [2.05, 4.69) is 26.1 Å². The van der Waals surface area contributed by atoms with Crippen LogP contribution < -0.4 is 5.32 Å². The molecule has 1 N–H and O–H groups in total. The topological polar surface area (TPSA) is 29.1 Å². The predicted molar refractivity (Wildman–Crippen MR) is 59.2 cm³/mol. The van der Waals surface area contributed by atoms with Crippen molar-refractivity contribution >= 4 is 5.91 Å². The fourth-order valence-corrected chi connectivity index (χ4v) is 4.13. The molecule has 0 aromatic rings. The van der Waals surface area contributed by atoms with Gasteiger partial charge in [0.1, 0.15) is 0 Å². The van der Waals surface area contributed by atoms with E-state index in [4.69, 9.17) is 0 Å². The Balaban J connectivity index is 1.65. The van der Waals surface area contributed by atoms with Crippen molar-refractivity contribution in [1.82, 2.24) is 5.32 Å². The van der Waals surface area contributed by atoms with Gasteiger partial charge in [-0.3, -0.25) is 4.79 Å². The average molecular weight is 207 g/mol. The molecule has 3 fully saturated rings. The summed E-state index contributed by atoms with van der Waals surface area (Å²) in [6.45, 7) is 6.20. The van der Waals surface area contributed by atoms with Crippen LogP contribution >= 0.6 is 0 Å². The van der Waals surface area contributed by atoms with Gasteiger partial charge >= 0.3 is 0 Å². The van der Waals surface area contributed by atoms with Crippen LogP contribution in [0.25, 0.3) is 0 Å². The summed E-state index contributed by atoms with van der Waals surface area (Å²) in [6.07, 6.45) is 4.21. The summed E-state index contributed by atoms with van der Waals surface area (Å²) in [5, 5.41) is 3.14. The van der Waals surface area contributed by atoms with Gasteiger partial charge in [0.25, 0.3) is 0 Å². The molecule has 2 bridgehead atoms. The molecule has 3 saturated carbocycles. The first-order valence-electron chi connectivity index (χ1n) is 6.29. The highest BCUT2D eigenvalue weighted by molar-refractivity contribution is 5.83. The Morgan fingerprint density at radius 2 is 1.67 bits per heavy atom. The molecule has 0 radical (unpaired) electrons. The van der Waals surface area contributed by atoms with Gasteiger partial charge in [-0.1, -0.05) is 0 Å². The van der Waals surface area contributed by atoms with Crippen molar-refractivity contribution in [3.8, 4) is 0 Å². The van der Waals surface area contributed by atoms with Gasteiger partial charge in [0.2, 0.25) is 5.91 Å². The molecule has 2 heteroatoms. The van der Waals surface area contributed by atoms with Gasteiger partial charge in [-0.15, -0.1) is 0 Å². The fourth-order valence-electron chi connectivity index (χ4n) is 4.13. The van der Waals surface area contributed by atoms with Crippen LogP contribution in [0.15, 0.2) is 0 Å². The molecule has 15 heavy (non-hydrogen) atoms. The Bertz CT molecular complexity index is 288. The molecule has 3 aliphatic rings. The van der Waals surface area contributed by atoms with E-state index in [9.17, 15) is 4.79 Å². The van der Waals surface area contributed by atoms with Crippen LogP contribution in [0, 0.1) is 29.6 Å². The summed E-state index contributed by atoms with van der Waals surface area (Å²) in [4.78, 5) is 12.0. The molecule has 2 nitrogen and oxygen atoms in total. The highest BCUT2D eigenvalue weighted by atomic mass is 16.2. The molecule has 3 aliphatic carbocycles. The van der Waals surface area contributed by atoms with Crippen molar-refractivity contribution in [2.75, 3.05) is 0 Å². The summed E-state index contributed by atoms with van der Waals surface area (Å²) in [5.74, 6) is 4.05. The normalized spacial score (nSPS) is 46.5. The maximum atomic E-state index is 12.0. The zero-order valence-electron chi connectivity index (χ0n) is 9.92. The first kappa shape index (κ1) is 9.68. The van der Waals surface area contributed by atoms with Gasteiger partial charge in [0.15, 0.2) is 0 Å². The maximum Gasteiger partial charge on any atom is 0.224 e. The Morgan fingerprint density at radius 3 is 2.13 bits per heavy atom. The third-order valence-corrected chi connectivity index (χ3v) is 4.54. The van der Waals surface area contributed by atoms with E-state index in [1.807, 2.05) is 0 Å². The van der Waals surface area contributed by atoms with E-state index in [1.54, 1.807) is 0 Å². The Morgan fingerprint density at radius 1 is 1.13 bits per heavy atom. The van der Waals surface area contributed by atoms with E-state index in [-0.39, 0.29) is 5.54 Å². The average Bonchev–Trinajstić information content (AvgIpc) is 2.55. The molecule has 84 valence electrons. The maximum absolute atomic E-state index is 12.0. The highest BCUT2D eigenvalue weighted by Gasteiger charge is 2.67. The van der Waals surface area contributed by atoms with Gasteiger partial charge in [0, 0.05) is 11.5 Å². The Labute approximate surface area is 91.8 Å². The van der Waals surface area contributed by atoms with Gasteiger partial charge in [-0.25, -0.2) is 0 Å². The van der Waals surface area contributed by atoms with E-state index in [0.29, 0.717) is 11.8 Å². The number of carbonyl (C=O) groups excluding carboxylic acids is 1. The third kappa shape index (κ3) is 1.41. The smallest absolute Gasteiger partial charge is 0.224 e. The lowest BCUT2D eigenvalue weighted by Crippen LogP contribution is -2.42. The molecule has 0 aromatic heterocycles. The molecule has 0 saturated heterocycles. The monoisotopic (exact) mass is 207 g/mol. The summed E-state index contributed by atoms with van der Waals surface area (Å²) in [5.41, 5.74) is -0.0625. The van der Waals surface area contributed by atoms with Gasteiger partial charge in [0.05, 0.1) is 0 Å². The van der Waals surface area contributed by atoms with Crippen molar-refractivity contribution in [3.63, 3.8) is 0 Å². The third-order valence-electron chi connectivity index (χ3n) is 4.54. The minimum absolute atomic E-state index is 0.0625. The van der Waals surface area contributed by atoms with Crippen molar-refractivity contribution < 1.29 is 4.79 Å².